The Labute approximate surface area is 263 Å². The highest BCUT2D eigenvalue weighted by Gasteiger charge is 2.32. The van der Waals surface area contributed by atoms with E-state index in [0.717, 1.165) is 97.0 Å². The van der Waals surface area contributed by atoms with Gasteiger partial charge in [0, 0.05) is 51.7 Å². The molecule has 0 aromatic carbocycles. The molecule has 3 heterocycles. The molecule has 0 radical (unpaired) electrons. The van der Waals surface area contributed by atoms with Gasteiger partial charge in [0.1, 0.15) is 5.76 Å². The lowest BCUT2D eigenvalue weighted by molar-refractivity contribution is -0.175. The van der Waals surface area contributed by atoms with Gasteiger partial charge in [-0.05, 0) is 64.1 Å². The molecule has 0 aromatic rings. The van der Waals surface area contributed by atoms with Crippen molar-refractivity contribution in [2.45, 2.75) is 107 Å². The first-order valence-corrected chi connectivity index (χ1v) is 16.2. The minimum absolute atomic E-state index is 0.00481. The zero-order chi connectivity index (χ0) is 32.6. The summed E-state index contributed by atoms with van der Waals surface area (Å²) in [5, 5.41) is 28.6. The fourth-order valence-corrected chi connectivity index (χ4v) is 5.15. The molecule has 0 amide bonds. The molecular formula is C29H64N8O7. The Morgan fingerprint density at radius 3 is 2.41 bits per heavy atom. The van der Waals surface area contributed by atoms with Crippen LogP contribution in [0.3, 0.4) is 0 Å². The number of hydrogen-bond donors (Lipinski definition) is 11. The molecule has 1 saturated carbocycles. The largest absolute Gasteiger partial charge is 0.497 e. The van der Waals surface area contributed by atoms with Crippen LogP contribution in [-0.2, 0) is 18.9 Å². The average Bonchev–Trinajstić information content (AvgIpc) is 3.50. The standard InChI is InChI=1S/C13H28N4O3.C9H18N2O.C6H14N2O2.CH4O/c14-3-4-16-17-10-5-9(15)6-12(7-10)20-13-2-1-11(8-18)19-13;10-5-3-6-11-8-9-4-1-2-7-12-9;7-2-4-1-6(9)5(8)3-10-4;1-2/h9-13,16-18H,1-8,14-15H2;4,11H,1-3,5-8,10H2;4-6,9H,1-3,7-8H2;2H,1H3/t;;4-,5+,6?;/m..1./s1. The Kier molecular flexibility index (Phi) is 24.3. The Bertz CT molecular complexity index is 715. The van der Waals surface area contributed by atoms with E-state index in [1.807, 2.05) is 0 Å². The van der Waals surface area contributed by atoms with Gasteiger partial charge < -0.3 is 68.3 Å². The molecule has 0 bridgehead atoms. The SMILES string of the molecule is CO.NCCCNCC1=CCCCO1.NCCNNC1CC(N)CC(OC2CCC(CO)O2)C1.NC[C@H]1CC(O)[C@@H](N)CO1. The summed E-state index contributed by atoms with van der Waals surface area (Å²) < 4.78 is 22.2. The Morgan fingerprint density at radius 2 is 1.80 bits per heavy atom. The molecule has 262 valence electrons. The number of rotatable bonds is 13. The first kappa shape index (κ1) is 41.0. The molecule has 6 unspecified atom stereocenters. The van der Waals surface area contributed by atoms with E-state index in [-0.39, 0.29) is 43.3 Å². The first-order valence-electron chi connectivity index (χ1n) is 16.2. The Morgan fingerprint density at radius 1 is 1.00 bits per heavy atom. The summed E-state index contributed by atoms with van der Waals surface area (Å²) in [5.74, 6) is 1.10. The van der Waals surface area contributed by atoms with Crippen molar-refractivity contribution in [3.8, 4) is 0 Å². The van der Waals surface area contributed by atoms with Gasteiger partial charge in [0.25, 0.3) is 0 Å². The number of nitrogens with one attached hydrogen (secondary N) is 3. The summed E-state index contributed by atoms with van der Waals surface area (Å²) in [6, 6.07) is 0.203. The third kappa shape index (κ3) is 18.2. The highest BCUT2D eigenvalue weighted by molar-refractivity contribution is 4.97. The molecular weight excluding hydrogens is 572 g/mol. The van der Waals surface area contributed by atoms with Crippen molar-refractivity contribution in [3.63, 3.8) is 0 Å². The molecule has 16 N–H and O–H groups in total. The molecule has 8 atom stereocenters. The van der Waals surface area contributed by atoms with E-state index >= 15 is 0 Å². The smallest absolute Gasteiger partial charge is 0.158 e. The monoisotopic (exact) mass is 636 g/mol. The maximum absolute atomic E-state index is 9.22. The van der Waals surface area contributed by atoms with E-state index in [1.165, 1.54) is 0 Å². The average molecular weight is 637 g/mol. The molecule has 44 heavy (non-hydrogen) atoms. The summed E-state index contributed by atoms with van der Waals surface area (Å²) in [7, 11) is 1.00. The molecule has 2 saturated heterocycles. The summed E-state index contributed by atoms with van der Waals surface area (Å²) in [6.07, 6.45) is 9.90. The maximum atomic E-state index is 9.22. The van der Waals surface area contributed by atoms with Gasteiger partial charge in [-0.2, -0.15) is 0 Å². The van der Waals surface area contributed by atoms with Gasteiger partial charge in [0.2, 0.25) is 0 Å². The minimum atomic E-state index is -0.442. The van der Waals surface area contributed by atoms with Crippen molar-refractivity contribution < 1.29 is 34.3 Å². The van der Waals surface area contributed by atoms with Gasteiger partial charge >= 0.3 is 0 Å². The first-order chi connectivity index (χ1) is 21.4. The molecule has 0 spiro atoms. The molecule has 4 rings (SSSR count). The minimum Gasteiger partial charge on any atom is -0.497 e. The topological polar surface area (TPSA) is 264 Å². The van der Waals surface area contributed by atoms with E-state index in [4.69, 9.17) is 57.8 Å². The van der Waals surface area contributed by atoms with Crippen LogP contribution in [0, 0.1) is 0 Å². The number of aliphatic hydroxyl groups is 3. The van der Waals surface area contributed by atoms with Crippen LogP contribution in [0.25, 0.3) is 0 Å². The summed E-state index contributed by atoms with van der Waals surface area (Å²) in [5.41, 5.74) is 34.1. The molecule has 3 fully saturated rings. The van der Waals surface area contributed by atoms with Crippen molar-refractivity contribution in [1.29, 1.82) is 0 Å². The number of nitrogens with two attached hydrogens (primary N) is 5. The van der Waals surface area contributed by atoms with Crippen LogP contribution in [-0.4, -0.2) is 130 Å². The quantitative estimate of drug-likeness (QED) is 0.0734. The maximum Gasteiger partial charge on any atom is 0.158 e. The number of hydrogen-bond acceptors (Lipinski definition) is 15. The van der Waals surface area contributed by atoms with Crippen LogP contribution in [0.4, 0.5) is 0 Å². The van der Waals surface area contributed by atoms with Crippen LogP contribution in [0.1, 0.15) is 57.8 Å². The molecule has 15 nitrogen and oxygen atoms in total. The predicted molar refractivity (Wildman–Crippen MR) is 171 cm³/mol. The Hall–Kier alpha value is -1.02. The Balaban J connectivity index is 0.000000345. The summed E-state index contributed by atoms with van der Waals surface area (Å²) in [6.45, 7) is 5.77. The van der Waals surface area contributed by atoms with Crippen LogP contribution in [0.5, 0.6) is 0 Å². The molecule has 3 aliphatic heterocycles. The van der Waals surface area contributed by atoms with Gasteiger partial charge in [-0.25, -0.2) is 0 Å². The van der Waals surface area contributed by atoms with Crippen molar-refractivity contribution >= 4 is 0 Å². The third-order valence-corrected chi connectivity index (χ3v) is 7.54. The van der Waals surface area contributed by atoms with Crippen LogP contribution < -0.4 is 44.8 Å². The number of ether oxygens (including phenoxy) is 4. The normalized spacial score (nSPS) is 31.6. The number of aliphatic hydroxyl groups excluding tert-OH is 3. The summed E-state index contributed by atoms with van der Waals surface area (Å²) in [4.78, 5) is 0. The lowest BCUT2D eigenvalue weighted by atomic mass is 9.89. The van der Waals surface area contributed by atoms with Gasteiger partial charge in [0.15, 0.2) is 6.29 Å². The van der Waals surface area contributed by atoms with E-state index in [0.29, 0.717) is 32.2 Å². The van der Waals surface area contributed by atoms with Gasteiger partial charge in [-0.1, -0.05) is 0 Å². The second-order valence-corrected chi connectivity index (χ2v) is 11.4. The van der Waals surface area contributed by atoms with E-state index in [1.54, 1.807) is 0 Å². The lowest BCUT2D eigenvalue weighted by Gasteiger charge is -2.34. The van der Waals surface area contributed by atoms with Gasteiger partial charge in [-0.3, -0.25) is 10.9 Å². The lowest BCUT2D eigenvalue weighted by Crippen LogP contribution is -2.51. The highest BCUT2D eigenvalue weighted by atomic mass is 16.7. The van der Waals surface area contributed by atoms with E-state index in [9.17, 15) is 5.11 Å². The second-order valence-electron chi connectivity index (χ2n) is 11.4. The van der Waals surface area contributed by atoms with Gasteiger partial charge in [-0.15, -0.1) is 0 Å². The molecule has 1 aliphatic carbocycles. The van der Waals surface area contributed by atoms with Gasteiger partial charge in [0.05, 0.1) is 56.8 Å². The number of allylic oxidation sites excluding steroid dienone is 1. The van der Waals surface area contributed by atoms with Crippen molar-refractivity contribution in [3.05, 3.63) is 11.8 Å². The molecule has 4 aliphatic rings. The van der Waals surface area contributed by atoms with Crippen LogP contribution in [0.15, 0.2) is 11.8 Å². The van der Waals surface area contributed by atoms with Crippen molar-refractivity contribution in [1.82, 2.24) is 16.2 Å². The van der Waals surface area contributed by atoms with E-state index in [2.05, 4.69) is 22.2 Å². The summed E-state index contributed by atoms with van der Waals surface area (Å²) >= 11 is 0. The van der Waals surface area contributed by atoms with Crippen molar-refractivity contribution in [2.75, 3.05) is 66.2 Å². The van der Waals surface area contributed by atoms with Crippen LogP contribution >= 0.6 is 0 Å². The predicted octanol–water partition coefficient (Wildman–Crippen LogP) is -2.55. The molecule has 15 heteroatoms. The fourth-order valence-electron chi connectivity index (χ4n) is 5.15. The zero-order valence-electron chi connectivity index (χ0n) is 26.8. The zero-order valence-corrected chi connectivity index (χ0v) is 26.8. The molecule has 0 aromatic heterocycles. The second kappa shape index (κ2) is 26.1. The third-order valence-electron chi connectivity index (χ3n) is 7.54. The van der Waals surface area contributed by atoms with E-state index < -0.39 is 6.10 Å². The highest BCUT2D eigenvalue weighted by Crippen LogP contribution is 2.27. The van der Waals surface area contributed by atoms with Crippen molar-refractivity contribution in [2.24, 2.45) is 28.7 Å². The number of hydrazine groups is 1. The van der Waals surface area contributed by atoms with Crippen LogP contribution in [0.2, 0.25) is 0 Å². The fraction of sp³-hybridized carbons (Fsp3) is 0.931.